The van der Waals surface area contributed by atoms with Crippen LogP contribution < -0.4 is 0 Å². The lowest BCUT2D eigenvalue weighted by Crippen LogP contribution is -2.30. The van der Waals surface area contributed by atoms with Gasteiger partial charge in [-0.05, 0) is 26.0 Å². The van der Waals surface area contributed by atoms with Gasteiger partial charge in [-0.25, -0.2) is 0 Å². The Balaban J connectivity index is 2.89. The molecule has 90 valence electrons. The van der Waals surface area contributed by atoms with Gasteiger partial charge in [0, 0.05) is 13.6 Å². The van der Waals surface area contributed by atoms with Crippen molar-refractivity contribution in [3.63, 3.8) is 0 Å². The van der Waals surface area contributed by atoms with Gasteiger partial charge in [0.05, 0.1) is 17.6 Å². The van der Waals surface area contributed by atoms with Gasteiger partial charge >= 0.3 is 0 Å². The van der Waals surface area contributed by atoms with E-state index < -0.39 is 0 Å². The molecule has 1 aromatic rings. The van der Waals surface area contributed by atoms with Gasteiger partial charge in [0.15, 0.2) is 0 Å². The summed E-state index contributed by atoms with van der Waals surface area (Å²) in [6, 6.07) is 6.96. The van der Waals surface area contributed by atoms with Crippen LogP contribution in [-0.4, -0.2) is 29.5 Å². The van der Waals surface area contributed by atoms with Crippen molar-refractivity contribution in [1.82, 2.24) is 4.90 Å². The molecule has 1 unspecified atom stereocenters. The second-order valence-electron chi connectivity index (χ2n) is 4.24. The molecule has 0 heterocycles. The minimum absolute atomic E-state index is 0.0305. The van der Waals surface area contributed by atoms with E-state index in [2.05, 4.69) is 6.07 Å². The van der Waals surface area contributed by atoms with E-state index in [9.17, 15) is 9.90 Å². The number of nitrogens with zero attached hydrogens (tertiary/aromatic N) is 2. The lowest BCUT2D eigenvalue weighted by atomic mass is 10.1. The van der Waals surface area contributed by atoms with E-state index in [1.165, 1.54) is 11.0 Å². The molecular weight excluding hydrogens is 216 g/mol. The quantitative estimate of drug-likeness (QED) is 0.866. The molecule has 0 spiro atoms. The Kier molecular flexibility index (Phi) is 4.11. The van der Waals surface area contributed by atoms with Gasteiger partial charge in [0.1, 0.15) is 5.75 Å². The second-order valence-corrected chi connectivity index (χ2v) is 4.24. The Morgan fingerprint density at radius 1 is 1.59 bits per heavy atom. The van der Waals surface area contributed by atoms with Crippen LogP contribution in [0.1, 0.15) is 22.8 Å². The first-order chi connectivity index (χ1) is 7.95. The van der Waals surface area contributed by atoms with Crippen LogP contribution in [0, 0.1) is 24.2 Å². The molecule has 0 fully saturated rings. The maximum absolute atomic E-state index is 12.0. The zero-order chi connectivity index (χ0) is 13.0. The molecule has 0 aliphatic carbocycles. The van der Waals surface area contributed by atoms with E-state index in [1.807, 2.05) is 6.92 Å². The molecule has 1 amide bonds. The molecule has 0 radical (unpaired) electrons. The molecule has 1 N–H and O–H groups in total. The highest BCUT2D eigenvalue weighted by Gasteiger charge is 2.17. The van der Waals surface area contributed by atoms with Crippen molar-refractivity contribution in [3.05, 3.63) is 29.3 Å². The average molecular weight is 232 g/mol. The van der Waals surface area contributed by atoms with Crippen LogP contribution in [0.5, 0.6) is 5.75 Å². The summed E-state index contributed by atoms with van der Waals surface area (Å²) in [5.41, 5.74) is 1.19. The number of nitriles is 1. The molecule has 0 aromatic heterocycles. The zero-order valence-corrected chi connectivity index (χ0v) is 10.3. The number of aromatic hydroxyl groups is 1. The molecule has 1 aromatic carbocycles. The number of phenols is 1. The fraction of sp³-hybridized carbons (Fsp3) is 0.385. The largest absolute Gasteiger partial charge is 0.507 e. The second kappa shape index (κ2) is 5.35. The van der Waals surface area contributed by atoms with Crippen molar-refractivity contribution in [2.24, 2.45) is 5.92 Å². The van der Waals surface area contributed by atoms with E-state index >= 15 is 0 Å². The molecule has 17 heavy (non-hydrogen) atoms. The van der Waals surface area contributed by atoms with Crippen molar-refractivity contribution < 1.29 is 9.90 Å². The number of amides is 1. The summed E-state index contributed by atoms with van der Waals surface area (Å²) in [6.45, 7) is 3.96. The summed E-state index contributed by atoms with van der Waals surface area (Å²) in [7, 11) is 1.62. The van der Waals surface area contributed by atoms with E-state index in [1.54, 1.807) is 26.1 Å². The number of hydrogen-bond acceptors (Lipinski definition) is 3. The Morgan fingerprint density at radius 2 is 2.24 bits per heavy atom. The number of rotatable bonds is 3. The number of phenolic OH excluding ortho intramolecular Hbond substituents is 1. The van der Waals surface area contributed by atoms with Crippen LogP contribution in [-0.2, 0) is 0 Å². The third-order valence-corrected chi connectivity index (χ3v) is 2.50. The fourth-order valence-electron chi connectivity index (χ4n) is 1.56. The molecule has 0 saturated heterocycles. The van der Waals surface area contributed by atoms with Gasteiger partial charge in [-0.15, -0.1) is 0 Å². The Hall–Kier alpha value is -2.02. The molecule has 0 bridgehead atoms. The Bertz CT molecular complexity index is 463. The number of carbonyl (C=O) groups excluding carboxylic acids is 1. The summed E-state index contributed by atoms with van der Waals surface area (Å²) in [4.78, 5) is 13.5. The maximum atomic E-state index is 12.0. The molecule has 0 aliphatic rings. The molecule has 1 rings (SSSR count). The molecule has 0 aliphatic heterocycles. The van der Waals surface area contributed by atoms with Crippen LogP contribution >= 0.6 is 0 Å². The van der Waals surface area contributed by atoms with E-state index in [0.29, 0.717) is 6.54 Å². The first-order valence-electron chi connectivity index (χ1n) is 5.40. The van der Waals surface area contributed by atoms with Gasteiger partial charge in [-0.1, -0.05) is 11.6 Å². The van der Waals surface area contributed by atoms with Crippen molar-refractivity contribution in [1.29, 1.82) is 5.26 Å². The molecule has 4 nitrogen and oxygen atoms in total. The van der Waals surface area contributed by atoms with Gasteiger partial charge in [-0.3, -0.25) is 4.79 Å². The third-order valence-electron chi connectivity index (χ3n) is 2.50. The lowest BCUT2D eigenvalue weighted by molar-refractivity contribution is 0.0782. The molecule has 1 atom stereocenters. The normalized spacial score (nSPS) is 11.6. The first kappa shape index (κ1) is 13.0. The topological polar surface area (TPSA) is 64.3 Å². The van der Waals surface area contributed by atoms with Gasteiger partial charge in [0.25, 0.3) is 5.91 Å². The van der Waals surface area contributed by atoms with Crippen LogP contribution in [0.4, 0.5) is 0 Å². The average Bonchev–Trinajstić information content (AvgIpc) is 2.31. The minimum atomic E-state index is -0.270. The smallest absolute Gasteiger partial charge is 0.257 e. The van der Waals surface area contributed by atoms with E-state index in [4.69, 9.17) is 5.26 Å². The molecular formula is C13H16N2O2. The zero-order valence-electron chi connectivity index (χ0n) is 10.3. The summed E-state index contributed by atoms with van der Waals surface area (Å²) in [5, 5.41) is 18.3. The monoisotopic (exact) mass is 232 g/mol. The summed E-state index contributed by atoms with van der Waals surface area (Å²) >= 11 is 0. The summed E-state index contributed by atoms with van der Waals surface area (Å²) in [6.07, 6.45) is 0. The van der Waals surface area contributed by atoms with Crippen molar-refractivity contribution in [2.75, 3.05) is 13.6 Å². The van der Waals surface area contributed by atoms with Crippen molar-refractivity contribution >= 4 is 5.91 Å². The van der Waals surface area contributed by atoms with Crippen LogP contribution in [0.15, 0.2) is 18.2 Å². The first-order valence-corrected chi connectivity index (χ1v) is 5.40. The Labute approximate surface area is 101 Å². The summed E-state index contributed by atoms with van der Waals surface area (Å²) in [5.74, 6) is -0.527. The Morgan fingerprint density at radius 3 is 2.82 bits per heavy atom. The van der Waals surface area contributed by atoms with E-state index in [-0.39, 0.29) is 23.1 Å². The highest BCUT2D eigenvalue weighted by atomic mass is 16.3. The number of aryl methyl sites for hydroxylation is 1. The number of carbonyl (C=O) groups is 1. The standard InChI is InChI=1S/C13H16N2O2/c1-9-4-5-12(16)11(6-9)13(17)15(3)8-10(2)7-14/h4-6,10,16H,8H2,1-3H3. The van der Waals surface area contributed by atoms with Crippen LogP contribution in [0.2, 0.25) is 0 Å². The molecule has 0 saturated carbocycles. The highest BCUT2D eigenvalue weighted by Crippen LogP contribution is 2.19. The predicted molar refractivity (Wildman–Crippen MR) is 64.6 cm³/mol. The SMILES string of the molecule is Cc1ccc(O)c(C(=O)N(C)CC(C)C#N)c1. The maximum Gasteiger partial charge on any atom is 0.257 e. The van der Waals surface area contributed by atoms with Gasteiger partial charge in [0.2, 0.25) is 0 Å². The third kappa shape index (κ3) is 3.22. The number of benzene rings is 1. The predicted octanol–water partition coefficient (Wildman–Crippen LogP) is 1.93. The van der Waals surface area contributed by atoms with Crippen molar-refractivity contribution in [3.8, 4) is 11.8 Å². The van der Waals surface area contributed by atoms with E-state index in [0.717, 1.165) is 5.56 Å². The van der Waals surface area contributed by atoms with Gasteiger partial charge < -0.3 is 10.0 Å². The van der Waals surface area contributed by atoms with Crippen LogP contribution in [0.25, 0.3) is 0 Å². The molecule has 4 heteroatoms. The minimum Gasteiger partial charge on any atom is -0.507 e. The van der Waals surface area contributed by atoms with Crippen molar-refractivity contribution in [2.45, 2.75) is 13.8 Å². The summed E-state index contributed by atoms with van der Waals surface area (Å²) < 4.78 is 0. The lowest BCUT2D eigenvalue weighted by Gasteiger charge is -2.19. The fourth-order valence-corrected chi connectivity index (χ4v) is 1.56. The van der Waals surface area contributed by atoms with Crippen LogP contribution in [0.3, 0.4) is 0 Å². The van der Waals surface area contributed by atoms with Gasteiger partial charge in [-0.2, -0.15) is 5.26 Å². The highest BCUT2D eigenvalue weighted by molar-refractivity contribution is 5.96. The number of hydrogen-bond donors (Lipinski definition) is 1.